The topological polar surface area (TPSA) is 86.6 Å². The molecular weight excluding hydrogens is 258 g/mol. The van der Waals surface area contributed by atoms with Crippen LogP contribution in [0, 0.1) is 0 Å². The lowest BCUT2D eigenvalue weighted by Crippen LogP contribution is -2.17. The van der Waals surface area contributed by atoms with Crippen LogP contribution in [0.5, 0.6) is 11.5 Å². The van der Waals surface area contributed by atoms with E-state index in [1.807, 2.05) is 0 Å². The van der Waals surface area contributed by atoms with Crippen LogP contribution in [0.25, 0.3) is 0 Å². The molecule has 0 saturated carbocycles. The molecule has 5 nitrogen and oxygen atoms in total. The lowest BCUT2D eigenvalue weighted by Gasteiger charge is -2.04. The van der Waals surface area contributed by atoms with E-state index in [1.165, 1.54) is 37.4 Å². The van der Waals surface area contributed by atoms with Gasteiger partial charge in [0.1, 0.15) is 0 Å². The number of phenolic OH excluding ortho intramolecular Hbond substituents is 2. The molecule has 0 spiro atoms. The second kappa shape index (κ2) is 5.44. The maximum absolute atomic E-state index is 12.2. The standard InChI is InChI=1S/C15H13NO4/c1-16-15(20)10-4-2-9(3-5-10)14(19)11-6-7-12(17)13(18)8-11/h2-8,17-18H,1H3,(H,16,20). The largest absolute Gasteiger partial charge is 0.504 e. The molecule has 0 aromatic heterocycles. The van der Waals surface area contributed by atoms with Gasteiger partial charge >= 0.3 is 0 Å². The molecule has 2 aromatic carbocycles. The Bertz CT molecular complexity index is 662. The zero-order valence-electron chi connectivity index (χ0n) is 10.8. The van der Waals surface area contributed by atoms with Crippen LogP contribution in [-0.2, 0) is 0 Å². The number of nitrogens with one attached hydrogen (secondary N) is 1. The smallest absolute Gasteiger partial charge is 0.251 e. The fourth-order valence-corrected chi connectivity index (χ4v) is 1.75. The Morgan fingerprint density at radius 2 is 1.40 bits per heavy atom. The quantitative estimate of drug-likeness (QED) is 0.585. The summed E-state index contributed by atoms with van der Waals surface area (Å²) in [4.78, 5) is 23.6. The summed E-state index contributed by atoms with van der Waals surface area (Å²) in [7, 11) is 1.53. The molecule has 20 heavy (non-hydrogen) atoms. The highest BCUT2D eigenvalue weighted by Crippen LogP contribution is 2.26. The second-order valence-corrected chi connectivity index (χ2v) is 4.19. The van der Waals surface area contributed by atoms with Crippen molar-refractivity contribution in [1.29, 1.82) is 0 Å². The van der Waals surface area contributed by atoms with Crippen LogP contribution in [0.2, 0.25) is 0 Å². The Kier molecular flexibility index (Phi) is 3.70. The lowest BCUT2D eigenvalue weighted by molar-refractivity contribution is 0.0961. The summed E-state index contributed by atoms with van der Waals surface area (Å²) in [6, 6.07) is 10.0. The normalized spacial score (nSPS) is 10.1. The summed E-state index contributed by atoms with van der Waals surface area (Å²) < 4.78 is 0. The number of hydrogen-bond acceptors (Lipinski definition) is 4. The zero-order chi connectivity index (χ0) is 14.7. The van der Waals surface area contributed by atoms with Gasteiger partial charge in [-0.1, -0.05) is 12.1 Å². The summed E-state index contributed by atoms with van der Waals surface area (Å²) in [5.41, 5.74) is 1.10. The van der Waals surface area contributed by atoms with E-state index < -0.39 is 0 Å². The van der Waals surface area contributed by atoms with Crippen LogP contribution in [0.4, 0.5) is 0 Å². The van der Waals surface area contributed by atoms with Crippen molar-refractivity contribution in [3.63, 3.8) is 0 Å². The number of carbonyl (C=O) groups is 2. The van der Waals surface area contributed by atoms with Gasteiger partial charge < -0.3 is 15.5 Å². The third-order valence-corrected chi connectivity index (χ3v) is 2.87. The molecule has 0 saturated heterocycles. The van der Waals surface area contributed by atoms with Crippen LogP contribution in [-0.4, -0.2) is 29.0 Å². The van der Waals surface area contributed by atoms with Crippen LogP contribution in [0.1, 0.15) is 26.3 Å². The van der Waals surface area contributed by atoms with Gasteiger partial charge in [-0.3, -0.25) is 9.59 Å². The fourth-order valence-electron chi connectivity index (χ4n) is 1.75. The summed E-state index contributed by atoms with van der Waals surface area (Å²) in [5, 5.41) is 21.1. The Hall–Kier alpha value is -2.82. The van der Waals surface area contributed by atoms with E-state index in [0.29, 0.717) is 11.1 Å². The van der Waals surface area contributed by atoms with Crippen molar-refractivity contribution in [3.8, 4) is 11.5 Å². The molecular formula is C15H13NO4. The number of hydrogen-bond donors (Lipinski definition) is 3. The van der Waals surface area contributed by atoms with E-state index in [9.17, 15) is 19.8 Å². The first kappa shape index (κ1) is 13.6. The monoisotopic (exact) mass is 271 g/mol. The van der Waals surface area contributed by atoms with Crippen molar-refractivity contribution in [1.82, 2.24) is 5.32 Å². The van der Waals surface area contributed by atoms with Gasteiger partial charge in [-0.05, 0) is 30.3 Å². The summed E-state index contributed by atoms with van der Waals surface area (Å²) in [5.74, 6) is -1.16. The number of phenols is 2. The summed E-state index contributed by atoms with van der Waals surface area (Å²) in [6.45, 7) is 0. The summed E-state index contributed by atoms with van der Waals surface area (Å²) >= 11 is 0. The molecule has 3 N–H and O–H groups in total. The second-order valence-electron chi connectivity index (χ2n) is 4.19. The van der Waals surface area contributed by atoms with Crippen LogP contribution in [0.15, 0.2) is 42.5 Å². The van der Waals surface area contributed by atoms with Crippen LogP contribution >= 0.6 is 0 Å². The number of benzene rings is 2. The van der Waals surface area contributed by atoms with Gasteiger partial charge in [0.2, 0.25) is 0 Å². The average molecular weight is 271 g/mol. The van der Waals surface area contributed by atoms with Crippen molar-refractivity contribution < 1.29 is 19.8 Å². The highest BCUT2D eigenvalue weighted by Gasteiger charge is 2.12. The van der Waals surface area contributed by atoms with E-state index in [-0.39, 0.29) is 28.8 Å². The maximum Gasteiger partial charge on any atom is 0.251 e. The molecule has 5 heteroatoms. The molecule has 0 unspecified atom stereocenters. The van der Waals surface area contributed by atoms with E-state index in [0.717, 1.165) is 0 Å². The van der Waals surface area contributed by atoms with E-state index in [4.69, 9.17) is 0 Å². The first-order valence-corrected chi connectivity index (χ1v) is 5.91. The van der Waals surface area contributed by atoms with Crippen LogP contribution < -0.4 is 5.32 Å². The predicted octanol–water partition coefficient (Wildman–Crippen LogP) is 1.69. The van der Waals surface area contributed by atoms with Crippen molar-refractivity contribution >= 4 is 11.7 Å². The molecule has 0 atom stereocenters. The van der Waals surface area contributed by atoms with Crippen LogP contribution in [0.3, 0.4) is 0 Å². The molecule has 2 aromatic rings. The van der Waals surface area contributed by atoms with Gasteiger partial charge in [-0.15, -0.1) is 0 Å². The molecule has 0 radical (unpaired) electrons. The molecule has 1 amide bonds. The Labute approximate surface area is 115 Å². The molecule has 2 rings (SSSR count). The molecule has 0 aliphatic carbocycles. The number of rotatable bonds is 3. The number of ketones is 1. The molecule has 102 valence electrons. The number of amides is 1. The zero-order valence-corrected chi connectivity index (χ0v) is 10.8. The fraction of sp³-hybridized carbons (Fsp3) is 0.0667. The first-order chi connectivity index (χ1) is 9.52. The third-order valence-electron chi connectivity index (χ3n) is 2.87. The number of aromatic hydroxyl groups is 2. The first-order valence-electron chi connectivity index (χ1n) is 5.91. The van der Waals surface area contributed by atoms with E-state index in [2.05, 4.69) is 5.32 Å². The SMILES string of the molecule is CNC(=O)c1ccc(C(=O)c2ccc(O)c(O)c2)cc1. The maximum atomic E-state index is 12.2. The minimum atomic E-state index is -0.349. The van der Waals surface area contributed by atoms with Gasteiger partial charge in [-0.25, -0.2) is 0 Å². The van der Waals surface area contributed by atoms with Crippen molar-refractivity contribution in [3.05, 3.63) is 59.2 Å². The highest BCUT2D eigenvalue weighted by molar-refractivity contribution is 6.09. The predicted molar refractivity (Wildman–Crippen MR) is 73.0 cm³/mol. The van der Waals surface area contributed by atoms with Gasteiger partial charge in [0.25, 0.3) is 5.91 Å². The Morgan fingerprint density at radius 1 is 0.850 bits per heavy atom. The van der Waals surface area contributed by atoms with Crippen molar-refractivity contribution in [2.24, 2.45) is 0 Å². The molecule has 0 bridgehead atoms. The van der Waals surface area contributed by atoms with E-state index in [1.54, 1.807) is 12.1 Å². The minimum absolute atomic E-state index is 0.230. The number of carbonyl (C=O) groups excluding carboxylic acids is 2. The van der Waals surface area contributed by atoms with Crippen molar-refractivity contribution in [2.45, 2.75) is 0 Å². The van der Waals surface area contributed by atoms with Gasteiger partial charge in [0.15, 0.2) is 17.3 Å². The summed E-state index contributed by atoms with van der Waals surface area (Å²) in [6.07, 6.45) is 0. The van der Waals surface area contributed by atoms with Gasteiger partial charge in [0, 0.05) is 23.7 Å². The van der Waals surface area contributed by atoms with Gasteiger partial charge in [-0.2, -0.15) is 0 Å². The van der Waals surface area contributed by atoms with Gasteiger partial charge in [0.05, 0.1) is 0 Å². The minimum Gasteiger partial charge on any atom is -0.504 e. The molecule has 0 aliphatic heterocycles. The molecule has 0 fully saturated rings. The molecule has 0 aliphatic rings. The average Bonchev–Trinajstić information content (AvgIpc) is 2.48. The molecule has 0 heterocycles. The van der Waals surface area contributed by atoms with E-state index >= 15 is 0 Å². The Morgan fingerprint density at radius 3 is 1.95 bits per heavy atom. The highest BCUT2D eigenvalue weighted by atomic mass is 16.3. The van der Waals surface area contributed by atoms with Crippen molar-refractivity contribution in [2.75, 3.05) is 7.05 Å². The Balaban J connectivity index is 2.29. The lowest BCUT2D eigenvalue weighted by atomic mass is 10.0. The third kappa shape index (κ3) is 2.61.